The topological polar surface area (TPSA) is 50.9 Å². The van der Waals surface area contributed by atoms with Crippen molar-refractivity contribution in [1.82, 2.24) is 4.98 Å². The number of nitrogens with two attached hydrogens (primary N) is 1. The molecule has 1 aliphatic rings. The summed E-state index contributed by atoms with van der Waals surface area (Å²) in [4.78, 5) is 4.16. The van der Waals surface area contributed by atoms with Gasteiger partial charge in [0.2, 0.25) is 0 Å². The molecule has 0 saturated carbocycles. The van der Waals surface area contributed by atoms with Gasteiger partial charge >= 0.3 is 0 Å². The summed E-state index contributed by atoms with van der Waals surface area (Å²) in [6.45, 7) is 0. The molecule has 1 fully saturated rings. The number of hydrogen-bond donors (Lipinski definition) is 2. The molecule has 76 valence electrons. The van der Waals surface area contributed by atoms with Crippen molar-refractivity contribution < 1.29 is 0 Å². The summed E-state index contributed by atoms with van der Waals surface area (Å²) in [6.07, 6.45) is 2.79. The lowest BCUT2D eigenvalue weighted by atomic mass is 10.2. The van der Waals surface area contributed by atoms with Gasteiger partial charge in [-0.15, -0.1) is 0 Å². The molecule has 1 aliphatic heterocycles. The Morgan fingerprint density at radius 1 is 1.64 bits per heavy atom. The lowest BCUT2D eigenvalue weighted by Gasteiger charge is -2.13. The molecule has 5 heteroatoms. The minimum absolute atomic E-state index is 0.496. The molecule has 0 aromatic carbocycles. The standard InChI is InChI=1S/C9H12ClN3S/c10-6-3-8(11)9(12-4-6)13-7-1-2-14-5-7/h3-4,7H,1-2,5,11H2,(H,12,13). The number of anilines is 2. The Morgan fingerprint density at radius 3 is 3.14 bits per heavy atom. The van der Waals surface area contributed by atoms with Crippen LogP contribution < -0.4 is 11.1 Å². The maximum Gasteiger partial charge on any atom is 0.149 e. The molecule has 1 atom stereocenters. The van der Waals surface area contributed by atoms with Crippen molar-refractivity contribution in [3.05, 3.63) is 17.3 Å². The van der Waals surface area contributed by atoms with Crippen LogP contribution >= 0.6 is 23.4 Å². The summed E-state index contributed by atoms with van der Waals surface area (Å²) in [5.74, 6) is 3.09. The molecule has 0 radical (unpaired) electrons. The maximum absolute atomic E-state index is 5.78. The number of hydrogen-bond acceptors (Lipinski definition) is 4. The van der Waals surface area contributed by atoms with Gasteiger partial charge in [0.1, 0.15) is 5.82 Å². The fraction of sp³-hybridized carbons (Fsp3) is 0.444. The second-order valence-corrected chi connectivity index (χ2v) is 4.88. The van der Waals surface area contributed by atoms with E-state index in [-0.39, 0.29) is 0 Å². The molecule has 0 amide bonds. The van der Waals surface area contributed by atoms with E-state index in [0.717, 1.165) is 11.6 Å². The number of nitrogens with one attached hydrogen (secondary N) is 1. The van der Waals surface area contributed by atoms with E-state index in [9.17, 15) is 0 Å². The molecule has 2 heterocycles. The fourth-order valence-corrected chi connectivity index (χ4v) is 2.74. The molecule has 2 rings (SSSR count). The number of thioether (sulfide) groups is 1. The van der Waals surface area contributed by atoms with Gasteiger partial charge in [-0.25, -0.2) is 4.98 Å². The van der Waals surface area contributed by atoms with Crippen LogP contribution in [0.4, 0.5) is 11.5 Å². The van der Waals surface area contributed by atoms with Crippen molar-refractivity contribution in [2.24, 2.45) is 0 Å². The van der Waals surface area contributed by atoms with E-state index in [2.05, 4.69) is 10.3 Å². The number of nitrogens with zero attached hydrogens (tertiary/aromatic N) is 1. The first kappa shape index (κ1) is 9.93. The molecule has 1 saturated heterocycles. The van der Waals surface area contributed by atoms with E-state index < -0.39 is 0 Å². The Hall–Kier alpha value is -0.610. The number of halogens is 1. The Bertz CT molecular complexity index is 326. The van der Waals surface area contributed by atoms with Gasteiger partial charge in [0, 0.05) is 18.0 Å². The molecule has 3 N–H and O–H groups in total. The van der Waals surface area contributed by atoms with E-state index in [0.29, 0.717) is 16.8 Å². The quantitative estimate of drug-likeness (QED) is 0.817. The van der Waals surface area contributed by atoms with Gasteiger partial charge in [-0.05, 0) is 18.2 Å². The third-order valence-electron chi connectivity index (χ3n) is 2.15. The average Bonchev–Trinajstić information content (AvgIpc) is 2.62. The highest BCUT2D eigenvalue weighted by Gasteiger charge is 2.16. The van der Waals surface area contributed by atoms with Crippen molar-refractivity contribution >= 4 is 34.9 Å². The predicted molar refractivity (Wildman–Crippen MR) is 63.0 cm³/mol. The van der Waals surface area contributed by atoms with Crippen LogP contribution in [0.2, 0.25) is 5.02 Å². The summed E-state index contributed by atoms with van der Waals surface area (Å²) in [5.41, 5.74) is 6.40. The molecule has 1 unspecified atom stereocenters. The van der Waals surface area contributed by atoms with Gasteiger partial charge in [0.15, 0.2) is 0 Å². The predicted octanol–water partition coefficient (Wildman–Crippen LogP) is 2.23. The van der Waals surface area contributed by atoms with Gasteiger partial charge in [-0.1, -0.05) is 11.6 Å². The molecule has 0 bridgehead atoms. The number of pyridine rings is 1. The van der Waals surface area contributed by atoms with E-state index in [1.165, 1.54) is 12.2 Å². The average molecular weight is 230 g/mol. The Kier molecular flexibility index (Phi) is 3.03. The van der Waals surface area contributed by atoms with Crippen LogP contribution in [0.1, 0.15) is 6.42 Å². The molecule has 14 heavy (non-hydrogen) atoms. The van der Waals surface area contributed by atoms with Crippen LogP contribution in [-0.2, 0) is 0 Å². The van der Waals surface area contributed by atoms with Crippen LogP contribution in [0.5, 0.6) is 0 Å². The minimum Gasteiger partial charge on any atom is -0.396 e. The zero-order valence-corrected chi connectivity index (χ0v) is 9.24. The van der Waals surface area contributed by atoms with E-state index in [4.69, 9.17) is 17.3 Å². The van der Waals surface area contributed by atoms with E-state index in [1.807, 2.05) is 11.8 Å². The lowest BCUT2D eigenvalue weighted by Crippen LogP contribution is -2.19. The first-order valence-electron chi connectivity index (χ1n) is 4.51. The van der Waals surface area contributed by atoms with Crippen molar-refractivity contribution in [2.75, 3.05) is 22.6 Å². The van der Waals surface area contributed by atoms with Crippen molar-refractivity contribution in [2.45, 2.75) is 12.5 Å². The van der Waals surface area contributed by atoms with Crippen molar-refractivity contribution in [3.63, 3.8) is 0 Å². The Labute approximate surface area is 92.4 Å². The molecule has 1 aromatic rings. The van der Waals surface area contributed by atoms with Crippen LogP contribution in [-0.4, -0.2) is 22.5 Å². The molecule has 3 nitrogen and oxygen atoms in total. The summed E-state index contributed by atoms with van der Waals surface area (Å²) < 4.78 is 0. The third kappa shape index (κ3) is 2.25. The van der Waals surface area contributed by atoms with Gasteiger partial charge in [0.05, 0.1) is 10.7 Å². The van der Waals surface area contributed by atoms with Gasteiger partial charge in [0.25, 0.3) is 0 Å². The molecular formula is C9H12ClN3S. The van der Waals surface area contributed by atoms with Gasteiger partial charge in [-0.2, -0.15) is 11.8 Å². The first-order valence-corrected chi connectivity index (χ1v) is 6.04. The van der Waals surface area contributed by atoms with E-state index >= 15 is 0 Å². The zero-order valence-electron chi connectivity index (χ0n) is 7.66. The van der Waals surface area contributed by atoms with Crippen LogP contribution in [0.15, 0.2) is 12.3 Å². The maximum atomic E-state index is 5.78. The molecular weight excluding hydrogens is 218 g/mol. The van der Waals surface area contributed by atoms with Crippen LogP contribution in [0.25, 0.3) is 0 Å². The molecule has 0 aliphatic carbocycles. The van der Waals surface area contributed by atoms with Crippen LogP contribution in [0.3, 0.4) is 0 Å². The summed E-state index contributed by atoms with van der Waals surface area (Å²) >= 11 is 7.71. The second-order valence-electron chi connectivity index (χ2n) is 3.30. The van der Waals surface area contributed by atoms with Crippen molar-refractivity contribution in [3.8, 4) is 0 Å². The van der Waals surface area contributed by atoms with Crippen LogP contribution in [0, 0.1) is 0 Å². The highest BCUT2D eigenvalue weighted by Crippen LogP contribution is 2.24. The Morgan fingerprint density at radius 2 is 2.50 bits per heavy atom. The summed E-state index contributed by atoms with van der Waals surface area (Å²) in [7, 11) is 0. The number of aromatic nitrogens is 1. The summed E-state index contributed by atoms with van der Waals surface area (Å²) in [5, 5.41) is 3.90. The van der Waals surface area contributed by atoms with E-state index in [1.54, 1.807) is 12.3 Å². The van der Waals surface area contributed by atoms with Gasteiger partial charge < -0.3 is 11.1 Å². The molecule has 1 aromatic heterocycles. The highest BCUT2D eigenvalue weighted by molar-refractivity contribution is 7.99. The first-order chi connectivity index (χ1) is 6.75. The zero-order chi connectivity index (χ0) is 9.97. The van der Waals surface area contributed by atoms with Crippen molar-refractivity contribution in [1.29, 1.82) is 0 Å². The number of rotatable bonds is 2. The highest BCUT2D eigenvalue weighted by atomic mass is 35.5. The fourth-order valence-electron chi connectivity index (χ4n) is 1.42. The third-order valence-corrected chi connectivity index (χ3v) is 3.52. The summed E-state index contributed by atoms with van der Waals surface area (Å²) in [6, 6.07) is 2.22. The Balaban J connectivity index is 2.08. The SMILES string of the molecule is Nc1cc(Cl)cnc1NC1CCSC1. The monoisotopic (exact) mass is 229 g/mol. The smallest absolute Gasteiger partial charge is 0.149 e. The number of nitrogen functional groups attached to an aromatic ring is 1. The second kappa shape index (κ2) is 4.28. The minimum atomic E-state index is 0.496. The van der Waals surface area contributed by atoms with Gasteiger partial charge in [-0.3, -0.25) is 0 Å². The normalized spacial score (nSPS) is 21.1. The largest absolute Gasteiger partial charge is 0.396 e. The lowest BCUT2D eigenvalue weighted by molar-refractivity contribution is 0.807. The molecule has 0 spiro atoms.